The molecule has 0 saturated carbocycles. The molecule has 3 aliphatic rings. The lowest BCUT2D eigenvalue weighted by Gasteiger charge is -2.31. The standard InChI is InChI=1S/C30H23N3O7S/c1-37-22-10-8-17(11-23(22)38-2)28-20-9-7-16-5-3-4-6-19(16)27(20)31-30-32(28)29(34)26(41-30)13-18-12-24-25(40-15-39-24)14-21(18)33(35)36/h3-6,8,10-14,28H,7,9,15H2,1-2H3/b26-13+/t28-/m0/s1. The second-order valence-electron chi connectivity index (χ2n) is 9.75. The molecule has 1 atom stereocenters. The van der Waals surface area contributed by atoms with Crippen LogP contribution in [0.15, 0.2) is 70.0 Å². The van der Waals surface area contributed by atoms with Gasteiger partial charge in [0.15, 0.2) is 27.8 Å². The van der Waals surface area contributed by atoms with E-state index in [1.165, 1.54) is 35.1 Å². The van der Waals surface area contributed by atoms with Crippen molar-refractivity contribution < 1.29 is 23.9 Å². The van der Waals surface area contributed by atoms with Crippen molar-refractivity contribution in [2.24, 2.45) is 4.99 Å². The highest BCUT2D eigenvalue weighted by Crippen LogP contribution is 2.43. The van der Waals surface area contributed by atoms with Crippen molar-refractivity contribution in [2.45, 2.75) is 18.9 Å². The first-order valence-corrected chi connectivity index (χ1v) is 13.7. The highest BCUT2D eigenvalue weighted by atomic mass is 32.1. The Morgan fingerprint density at radius 3 is 2.61 bits per heavy atom. The number of thiazole rings is 1. The molecule has 3 heterocycles. The molecule has 0 amide bonds. The summed E-state index contributed by atoms with van der Waals surface area (Å²) in [5, 5.41) is 11.9. The number of nitro groups is 1. The molecule has 0 bridgehead atoms. The van der Waals surface area contributed by atoms with E-state index in [4.69, 9.17) is 23.9 Å². The first-order valence-electron chi connectivity index (χ1n) is 12.9. The van der Waals surface area contributed by atoms with E-state index in [1.54, 1.807) is 18.8 Å². The second kappa shape index (κ2) is 9.63. The number of hydrogen-bond acceptors (Lipinski definition) is 9. The van der Waals surface area contributed by atoms with Gasteiger partial charge in [0.2, 0.25) is 6.79 Å². The molecule has 0 fully saturated rings. The van der Waals surface area contributed by atoms with Gasteiger partial charge in [-0.25, -0.2) is 4.99 Å². The lowest BCUT2D eigenvalue weighted by Crippen LogP contribution is -2.38. The summed E-state index contributed by atoms with van der Waals surface area (Å²) in [4.78, 5) is 31.0. The van der Waals surface area contributed by atoms with Crippen LogP contribution in [0.2, 0.25) is 0 Å². The average molecular weight is 570 g/mol. The number of aryl methyl sites for hydroxylation is 1. The Morgan fingerprint density at radius 2 is 1.83 bits per heavy atom. The van der Waals surface area contributed by atoms with E-state index in [-0.39, 0.29) is 23.6 Å². The van der Waals surface area contributed by atoms with Crippen LogP contribution in [0.1, 0.15) is 34.7 Å². The molecule has 2 aliphatic heterocycles. The van der Waals surface area contributed by atoms with Gasteiger partial charge in [-0.2, -0.15) is 0 Å². The summed E-state index contributed by atoms with van der Waals surface area (Å²) in [6.07, 6.45) is 3.08. The van der Waals surface area contributed by atoms with E-state index < -0.39 is 11.0 Å². The van der Waals surface area contributed by atoms with Gasteiger partial charge in [-0.15, -0.1) is 0 Å². The molecule has 206 valence electrons. The van der Waals surface area contributed by atoms with Gasteiger partial charge in [0.05, 0.1) is 47.0 Å². The molecule has 1 aromatic heterocycles. The first kappa shape index (κ1) is 25.1. The second-order valence-corrected chi connectivity index (χ2v) is 10.8. The van der Waals surface area contributed by atoms with Crippen LogP contribution in [0, 0.1) is 10.1 Å². The Hall–Kier alpha value is -4.90. The number of nitro benzene ring substituents is 1. The van der Waals surface area contributed by atoms with Crippen molar-refractivity contribution in [1.82, 2.24) is 4.57 Å². The van der Waals surface area contributed by atoms with Gasteiger partial charge in [-0.05, 0) is 53.8 Å². The molecule has 1 aliphatic carbocycles. The van der Waals surface area contributed by atoms with Crippen LogP contribution in [-0.2, 0) is 6.42 Å². The average Bonchev–Trinajstić information content (AvgIpc) is 3.58. The summed E-state index contributed by atoms with van der Waals surface area (Å²) in [6, 6.07) is 16.2. The van der Waals surface area contributed by atoms with Crippen molar-refractivity contribution in [1.29, 1.82) is 0 Å². The Labute approximate surface area is 237 Å². The predicted molar refractivity (Wildman–Crippen MR) is 152 cm³/mol. The van der Waals surface area contributed by atoms with E-state index in [9.17, 15) is 14.9 Å². The molecule has 0 unspecified atom stereocenters. The number of hydrogen-bond donors (Lipinski definition) is 0. The smallest absolute Gasteiger partial charge is 0.280 e. The van der Waals surface area contributed by atoms with E-state index in [2.05, 4.69) is 12.1 Å². The van der Waals surface area contributed by atoms with Crippen molar-refractivity contribution in [3.8, 4) is 23.0 Å². The number of fused-ring (bicyclic) bond motifs is 4. The summed E-state index contributed by atoms with van der Waals surface area (Å²) in [6.45, 7) is -0.0174. The maximum atomic E-state index is 14.1. The van der Waals surface area contributed by atoms with Crippen molar-refractivity contribution in [2.75, 3.05) is 21.0 Å². The molecule has 0 spiro atoms. The van der Waals surface area contributed by atoms with Gasteiger partial charge in [-0.3, -0.25) is 19.5 Å². The van der Waals surface area contributed by atoms with Gasteiger partial charge < -0.3 is 18.9 Å². The molecule has 11 heteroatoms. The lowest BCUT2D eigenvalue weighted by molar-refractivity contribution is -0.385. The van der Waals surface area contributed by atoms with E-state index in [1.807, 2.05) is 30.3 Å². The van der Waals surface area contributed by atoms with Gasteiger partial charge in [0.25, 0.3) is 11.2 Å². The summed E-state index contributed by atoms with van der Waals surface area (Å²) in [5.74, 6) is 1.83. The summed E-state index contributed by atoms with van der Waals surface area (Å²) < 4.78 is 23.8. The van der Waals surface area contributed by atoms with Crippen LogP contribution in [-0.4, -0.2) is 30.5 Å². The Balaban J connectivity index is 1.48. The summed E-state index contributed by atoms with van der Waals surface area (Å²) in [7, 11) is 3.15. The Morgan fingerprint density at radius 1 is 1.05 bits per heavy atom. The molecule has 0 N–H and O–H groups in total. The van der Waals surface area contributed by atoms with Crippen LogP contribution >= 0.6 is 11.3 Å². The van der Waals surface area contributed by atoms with Crippen LogP contribution in [0.5, 0.6) is 23.0 Å². The highest BCUT2D eigenvalue weighted by Gasteiger charge is 2.33. The zero-order chi connectivity index (χ0) is 28.2. The molecular weight excluding hydrogens is 546 g/mol. The number of rotatable bonds is 5. The van der Waals surface area contributed by atoms with Crippen LogP contribution in [0.3, 0.4) is 0 Å². The highest BCUT2D eigenvalue weighted by molar-refractivity contribution is 7.07. The van der Waals surface area contributed by atoms with E-state index >= 15 is 0 Å². The maximum Gasteiger partial charge on any atom is 0.280 e. The monoisotopic (exact) mass is 569 g/mol. The third-order valence-corrected chi connectivity index (χ3v) is 8.58. The minimum atomic E-state index is -0.493. The predicted octanol–water partition coefficient (Wildman–Crippen LogP) is 3.97. The fraction of sp³-hybridized carbons (Fsp3) is 0.200. The SMILES string of the molecule is COc1ccc([C@H]2C3=C(N=c4s/c(=C/c5cc6c(cc5[N+](=O)[O-])OCO6)c(=O)n42)c2ccccc2CC3)cc1OC. The lowest BCUT2D eigenvalue weighted by atomic mass is 9.83. The Bertz CT molecular complexity index is 1970. The van der Waals surface area contributed by atoms with Gasteiger partial charge in [0, 0.05) is 5.56 Å². The fourth-order valence-corrected chi connectivity index (χ4v) is 6.70. The maximum absolute atomic E-state index is 14.1. The Kier molecular flexibility index (Phi) is 5.89. The van der Waals surface area contributed by atoms with Crippen molar-refractivity contribution in [3.63, 3.8) is 0 Å². The molecule has 10 nitrogen and oxygen atoms in total. The number of methoxy groups -OCH3 is 2. The number of ether oxygens (including phenoxy) is 4. The molecular formula is C30H23N3O7S. The minimum absolute atomic E-state index is 0.0174. The van der Waals surface area contributed by atoms with E-state index in [0.717, 1.165) is 35.2 Å². The third kappa shape index (κ3) is 4.00. The van der Waals surface area contributed by atoms with Gasteiger partial charge >= 0.3 is 0 Å². The molecule has 7 rings (SSSR count). The quantitative estimate of drug-likeness (QED) is 0.264. The van der Waals surface area contributed by atoms with Crippen molar-refractivity contribution >= 4 is 28.8 Å². The fourth-order valence-electron chi connectivity index (χ4n) is 5.71. The van der Waals surface area contributed by atoms with Crippen LogP contribution < -0.4 is 33.8 Å². The molecule has 0 saturated heterocycles. The summed E-state index contributed by atoms with van der Waals surface area (Å²) >= 11 is 1.20. The summed E-state index contributed by atoms with van der Waals surface area (Å²) in [5.41, 5.74) is 4.78. The van der Waals surface area contributed by atoms with Gasteiger partial charge in [-0.1, -0.05) is 41.7 Å². The molecule has 0 radical (unpaired) electrons. The minimum Gasteiger partial charge on any atom is -0.493 e. The van der Waals surface area contributed by atoms with E-state index in [0.29, 0.717) is 32.3 Å². The van der Waals surface area contributed by atoms with Crippen molar-refractivity contribution in [3.05, 3.63) is 112 Å². The molecule has 4 aromatic rings. The number of aromatic nitrogens is 1. The third-order valence-electron chi connectivity index (χ3n) is 7.60. The van der Waals surface area contributed by atoms with Gasteiger partial charge in [0.1, 0.15) is 0 Å². The molecule has 3 aromatic carbocycles. The zero-order valence-electron chi connectivity index (χ0n) is 22.1. The number of benzene rings is 3. The number of nitrogens with zero attached hydrogens (tertiary/aromatic N) is 3. The first-order chi connectivity index (χ1) is 20.0. The van der Waals surface area contributed by atoms with Crippen LogP contribution in [0.25, 0.3) is 11.8 Å². The molecule has 41 heavy (non-hydrogen) atoms. The van der Waals surface area contributed by atoms with Crippen LogP contribution in [0.4, 0.5) is 5.69 Å². The largest absolute Gasteiger partial charge is 0.493 e. The topological polar surface area (TPSA) is 114 Å². The zero-order valence-corrected chi connectivity index (χ0v) is 22.9. The number of allylic oxidation sites excluding steroid dienone is 1. The normalized spacial score (nSPS) is 16.9.